The van der Waals surface area contributed by atoms with Gasteiger partial charge in [-0.3, -0.25) is 9.59 Å². The fraction of sp³-hybridized carbons (Fsp3) is 0.385. The van der Waals surface area contributed by atoms with E-state index >= 15 is 0 Å². The maximum absolute atomic E-state index is 12.2. The van der Waals surface area contributed by atoms with Crippen molar-refractivity contribution in [3.63, 3.8) is 0 Å². The zero-order valence-corrected chi connectivity index (χ0v) is 9.71. The van der Waals surface area contributed by atoms with Gasteiger partial charge in [0.1, 0.15) is 0 Å². The molecule has 2 aliphatic rings. The minimum absolute atomic E-state index is 0.0516. The molecule has 1 aromatic carbocycles. The van der Waals surface area contributed by atoms with Crippen molar-refractivity contribution in [3.8, 4) is 0 Å². The molecule has 1 saturated heterocycles. The number of para-hydroxylation sites is 1. The summed E-state index contributed by atoms with van der Waals surface area (Å²) in [6, 6.07) is 7.11. The monoisotopic (exact) mass is 231 g/mol. The van der Waals surface area contributed by atoms with Crippen molar-refractivity contribution in [3.05, 3.63) is 29.8 Å². The lowest BCUT2D eigenvalue weighted by atomic mass is 9.77. The number of ketones is 1. The number of carbonyl (C=O) groups excluding carboxylic acids is 2. The molecule has 88 valence electrons. The Morgan fingerprint density at radius 1 is 1.24 bits per heavy atom. The van der Waals surface area contributed by atoms with Gasteiger partial charge >= 0.3 is 0 Å². The topological polar surface area (TPSA) is 46.6 Å². The van der Waals surface area contributed by atoms with Crippen LogP contribution in [-0.2, 0) is 9.53 Å². The number of hydrogen-bond acceptors (Lipinski definition) is 3. The van der Waals surface area contributed by atoms with Crippen LogP contribution in [0.5, 0.6) is 0 Å². The molecule has 1 fully saturated rings. The number of carbonyl (C=O) groups is 2. The first-order valence-corrected chi connectivity index (χ1v) is 5.66. The highest BCUT2D eigenvalue weighted by molar-refractivity contribution is 6.16. The maximum Gasteiger partial charge on any atom is 0.258 e. The van der Waals surface area contributed by atoms with Crippen LogP contribution in [-0.4, -0.2) is 30.9 Å². The van der Waals surface area contributed by atoms with Crippen LogP contribution in [0, 0.1) is 5.92 Å². The standard InChI is InChI=1S/C13H13NO3/c1-7-10-12(17-2)13(16)14(10)9-6-4-3-5-8(9)11(7)15/h3-7,10,12H,1-2H3/t7-,10-,12-/m0/s1. The van der Waals surface area contributed by atoms with E-state index in [-0.39, 0.29) is 23.7 Å². The quantitative estimate of drug-likeness (QED) is 0.683. The number of ether oxygens (including phenoxy) is 1. The van der Waals surface area contributed by atoms with E-state index in [2.05, 4.69) is 0 Å². The first-order chi connectivity index (χ1) is 8.16. The second-order valence-corrected chi connectivity index (χ2v) is 4.53. The summed E-state index contributed by atoms with van der Waals surface area (Å²) in [7, 11) is 1.51. The highest BCUT2D eigenvalue weighted by Crippen LogP contribution is 2.41. The van der Waals surface area contributed by atoms with Gasteiger partial charge in [-0.15, -0.1) is 0 Å². The second kappa shape index (κ2) is 3.40. The van der Waals surface area contributed by atoms with Crippen LogP contribution in [0.2, 0.25) is 0 Å². The molecule has 0 unspecified atom stereocenters. The minimum atomic E-state index is -0.470. The molecular formula is C13H13NO3. The maximum atomic E-state index is 12.2. The molecule has 0 radical (unpaired) electrons. The Morgan fingerprint density at radius 2 is 1.94 bits per heavy atom. The van der Waals surface area contributed by atoms with Gasteiger partial charge in [0.2, 0.25) is 0 Å². The fourth-order valence-corrected chi connectivity index (χ4v) is 2.78. The van der Waals surface area contributed by atoms with Gasteiger partial charge in [0.25, 0.3) is 5.91 Å². The highest BCUT2D eigenvalue weighted by Gasteiger charge is 2.56. The van der Waals surface area contributed by atoms with Crippen LogP contribution >= 0.6 is 0 Å². The van der Waals surface area contributed by atoms with Crippen LogP contribution in [0.15, 0.2) is 24.3 Å². The number of nitrogens with zero attached hydrogens (tertiary/aromatic N) is 1. The zero-order chi connectivity index (χ0) is 12.2. The van der Waals surface area contributed by atoms with Gasteiger partial charge < -0.3 is 9.64 Å². The van der Waals surface area contributed by atoms with E-state index in [1.807, 2.05) is 25.1 Å². The van der Waals surface area contributed by atoms with Crippen molar-refractivity contribution in [2.24, 2.45) is 5.92 Å². The molecule has 1 amide bonds. The molecule has 2 heterocycles. The first-order valence-electron chi connectivity index (χ1n) is 5.66. The first kappa shape index (κ1) is 10.5. The van der Waals surface area contributed by atoms with Crippen LogP contribution < -0.4 is 4.90 Å². The molecule has 0 bridgehead atoms. The second-order valence-electron chi connectivity index (χ2n) is 4.53. The Morgan fingerprint density at radius 3 is 2.65 bits per heavy atom. The van der Waals surface area contributed by atoms with Crippen LogP contribution in [0.3, 0.4) is 0 Å². The SMILES string of the molecule is CO[C@@H]1C(=O)N2c3ccccc3C(=O)[C@@H](C)[C@@H]12. The summed E-state index contributed by atoms with van der Waals surface area (Å²) >= 11 is 0. The van der Waals surface area contributed by atoms with Gasteiger partial charge in [0, 0.05) is 18.6 Å². The number of fused-ring (bicyclic) bond motifs is 3. The molecular weight excluding hydrogens is 218 g/mol. The van der Waals surface area contributed by atoms with Crippen molar-refractivity contribution in [2.45, 2.75) is 19.1 Å². The van der Waals surface area contributed by atoms with Gasteiger partial charge in [0.05, 0.1) is 11.7 Å². The van der Waals surface area contributed by atoms with Crippen molar-refractivity contribution in [2.75, 3.05) is 12.0 Å². The van der Waals surface area contributed by atoms with Crippen LogP contribution in [0.4, 0.5) is 5.69 Å². The Labute approximate surface area is 99.2 Å². The molecule has 1 aromatic rings. The Kier molecular flexibility index (Phi) is 2.10. The summed E-state index contributed by atoms with van der Waals surface area (Å²) in [4.78, 5) is 25.8. The van der Waals surface area contributed by atoms with Gasteiger partial charge in [-0.2, -0.15) is 0 Å². The smallest absolute Gasteiger partial charge is 0.258 e. The molecule has 0 spiro atoms. The van der Waals surface area contributed by atoms with Gasteiger partial charge in [0.15, 0.2) is 11.9 Å². The predicted molar refractivity (Wildman–Crippen MR) is 62.0 cm³/mol. The Bertz CT molecular complexity index is 511. The van der Waals surface area contributed by atoms with Crippen LogP contribution in [0.1, 0.15) is 17.3 Å². The van der Waals surface area contributed by atoms with E-state index in [9.17, 15) is 9.59 Å². The Balaban J connectivity index is 2.12. The lowest BCUT2D eigenvalue weighted by molar-refractivity contribution is -0.140. The summed E-state index contributed by atoms with van der Waals surface area (Å²) in [5.74, 6) is -0.159. The lowest BCUT2D eigenvalue weighted by Gasteiger charge is -2.51. The van der Waals surface area contributed by atoms with Gasteiger partial charge in [-0.05, 0) is 12.1 Å². The van der Waals surface area contributed by atoms with Crippen LogP contribution in [0.25, 0.3) is 0 Å². The molecule has 0 N–H and O–H groups in total. The average molecular weight is 231 g/mol. The third-order valence-electron chi connectivity index (χ3n) is 3.70. The number of anilines is 1. The normalized spacial score (nSPS) is 30.7. The number of Topliss-reactive ketones (excluding diaryl/α,β-unsaturated/α-hetero) is 1. The third kappa shape index (κ3) is 1.16. The van der Waals surface area contributed by atoms with E-state index < -0.39 is 6.10 Å². The molecule has 2 aliphatic heterocycles. The number of hydrogen-bond donors (Lipinski definition) is 0. The molecule has 0 aromatic heterocycles. The van der Waals surface area contributed by atoms with Crippen molar-refractivity contribution >= 4 is 17.4 Å². The third-order valence-corrected chi connectivity index (χ3v) is 3.70. The summed E-state index contributed by atoms with van der Waals surface area (Å²) in [6.45, 7) is 1.86. The number of amides is 1. The molecule has 4 nitrogen and oxygen atoms in total. The molecule has 0 aliphatic carbocycles. The van der Waals surface area contributed by atoms with Gasteiger partial charge in [-0.1, -0.05) is 19.1 Å². The molecule has 3 atom stereocenters. The Hall–Kier alpha value is -1.68. The number of β-lactam (4-membered cyclic amide) rings is 1. The fourth-order valence-electron chi connectivity index (χ4n) is 2.78. The molecule has 3 rings (SSSR count). The van der Waals surface area contributed by atoms with Crippen molar-refractivity contribution in [1.29, 1.82) is 0 Å². The predicted octanol–water partition coefficient (Wildman–Crippen LogP) is 1.25. The minimum Gasteiger partial charge on any atom is -0.369 e. The molecule has 17 heavy (non-hydrogen) atoms. The molecule has 0 saturated carbocycles. The molecule has 4 heteroatoms. The lowest BCUT2D eigenvalue weighted by Crippen LogP contribution is -2.71. The van der Waals surface area contributed by atoms with Crippen molar-refractivity contribution < 1.29 is 14.3 Å². The largest absolute Gasteiger partial charge is 0.369 e. The number of benzene rings is 1. The average Bonchev–Trinajstić information content (AvgIpc) is 2.34. The van der Waals surface area contributed by atoms with Gasteiger partial charge in [-0.25, -0.2) is 0 Å². The summed E-state index contributed by atoms with van der Waals surface area (Å²) in [6.07, 6.45) is -0.470. The summed E-state index contributed by atoms with van der Waals surface area (Å²) < 4.78 is 5.16. The van der Waals surface area contributed by atoms with E-state index in [1.54, 1.807) is 11.0 Å². The van der Waals surface area contributed by atoms with E-state index in [1.165, 1.54) is 7.11 Å². The zero-order valence-electron chi connectivity index (χ0n) is 9.71. The van der Waals surface area contributed by atoms with E-state index in [4.69, 9.17) is 4.74 Å². The number of methoxy groups -OCH3 is 1. The number of rotatable bonds is 1. The van der Waals surface area contributed by atoms with E-state index in [0.717, 1.165) is 5.69 Å². The highest BCUT2D eigenvalue weighted by atomic mass is 16.5. The summed E-state index contributed by atoms with van der Waals surface area (Å²) in [5.41, 5.74) is 1.36. The van der Waals surface area contributed by atoms with E-state index in [0.29, 0.717) is 5.56 Å². The summed E-state index contributed by atoms with van der Waals surface area (Å²) in [5, 5.41) is 0. The van der Waals surface area contributed by atoms with Crippen molar-refractivity contribution in [1.82, 2.24) is 0 Å².